The van der Waals surface area contributed by atoms with Gasteiger partial charge >= 0.3 is 5.97 Å². The standard InChI is InChI=1S/C12H16ClNO3/c1-8(10-4-2-3-5-11(10)13)14-7-9(15)6-12(16)17/h2-5,8-9,14-15H,6-7H2,1H3,(H,16,17). The third-order valence-corrected chi connectivity index (χ3v) is 2.79. The maximum atomic E-state index is 10.4. The fraction of sp³-hybridized carbons (Fsp3) is 0.417. The highest BCUT2D eigenvalue weighted by molar-refractivity contribution is 6.31. The van der Waals surface area contributed by atoms with Crippen LogP contribution < -0.4 is 5.32 Å². The molecule has 0 aliphatic rings. The highest BCUT2D eigenvalue weighted by Gasteiger charge is 2.13. The zero-order valence-corrected chi connectivity index (χ0v) is 10.3. The van der Waals surface area contributed by atoms with Crippen molar-refractivity contribution < 1.29 is 15.0 Å². The minimum Gasteiger partial charge on any atom is -0.481 e. The molecule has 17 heavy (non-hydrogen) atoms. The zero-order valence-electron chi connectivity index (χ0n) is 9.56. The number of aliphatic carboxylic acids is 1. The Hall–Kier alpha value is -1.10. The number of hydrogen-bond acceptors (Lipinski definition) is 3. The molecular formula is C12H16ClNO3. The Morgan fingerprint density at radius 1 is 1.47 bits per heavy atom. The summed E-state index contributed by atoms with van der Waals surface area (Å²) in [4.78, 5) is 10.4. The van der Waals surface area contributed by atoms with Crippen molar-refractivity contribution in [2.75, 3.05) is 6.54 Å². The number of carboxylic acid groups (broad SMARTS) is 1. The Bertz CT molecular complexity index is 384. The summed E-state index contributed by atoms with van der Waals surface area (Å²) in [6.07, 6.45) is -1.15. The summed E-state index contributed by atoms with van der Waals surface area (Å²) in [5.41, 5.74) is 0.927. The smallest absolute Gasteiger partial charge is 0.306 e. The molecule has 94 valence electrons. The monoisotopic (exact) mass is 257 g/mol. The third kappa shape index (κ3) is 4.73. The van der Waals surface area contributed by atoms with Gasteiger partial charge in [-0.05, 0) is 18.6 Å². The number of benzene rings is 1. The molecular weight excluding hydrogens is 242 g/mol. The van der Waals surface area contributed by atoms with E-state index in [1.807, 2.05) is 25.1 Å². The lowest BCUT2D eigenvalue weighted by atomic mass is 10.1. The second-order valence-corrected chi connectivity index (χ2v) is 4.31. The van der Waals surface area contributed by atoms with E-state index in [2.05, 4.69) is 5.32 Å². The predicted octanol–water partition coefficient (Wildman–Crippen LogP) is 1.83. The number of hydrogen-bond donors (Lipinski definition) is 3. The number of aliphatic hydroxyl groups excluding tert-OH is 1. The van der Waals surface area contributed by atoms with E-state index in [0.717, 1.165) is 5.56 Å². The second kappa shape index (κ2) is 6.59. The van der Waals surface area contributed by atoms with Crippen LogP contribution in [0.5, 0.6) is 0 Å². The lowest BCUT2D eigenvalue weighted by Crippen LogP contribution is -2.30. The summed E-state index contributed by atoms with van der Waals surface area (Å²) < 4.78 is 0. The van der Waals surface area contributed by atoms with Gasteiger partial charge in [-0.15, -0.1) is 0 Å². The van der Waals surface area contributed by atoms with E-state index in [1.165, 1.54) is 0 Å². The molecule has 4 nitrogen and oxygen atoms in total. The maximum absolute atomic E-state index is 10.4. The van der Waals surface area contributed by atoms with Gasteiger partial charge in [-0.3, -0.25) is 4.79 Å². The van der Waals surface area contributed by atoms with Crippen LogP contribution in [-0.2, 0) is 4.79 Å². The number of rotatable bonds is 6. The van der Waals surface area contributed by atoms with Gasteiger partial charge in [0.25, 0.3) is 0 Å². The van der Waals surface area contributed by atoms with Gasteiger partial charge in [-0.25, -0.2) is 0 Å². The van der Waals surface area contributed by atoms with E-state index < -0.39 is 12.1 Å². The number of aliphatic hydroxyl groups is 1. The number of nitrogens with one attached hydrogen (secondary N) is 1. The average Bonchev–Trinajstić information content (AvgIpc) is 2.25. The van der Waals surface area contributed by atoms with Gasteiger partial charge in [-0.2, -0.15) is 0 Å². The Kier molecular flexibility index (Phi) is 5.41. The quantitative estimate of drug-likeness (QED) is 0.727. The number of halogens is 1. The fourth-order valence-corrected chi connectivity index (χ4v) is 1.82. The molecule has 0 radical (unpaired) electrons. The van der Waals surface area contributed by atoms with Crippen molar-refractivity contribution in [3.8, 4) is 0 Å². The number of carbonyl (C=O) groups is 1. The molecule has 0 bridgehead atoms. The fourth-order valence-electron chi connectivity index (χ4n) is 1.52. The highest BCUT2D eigenvalue weighted by Crippen LogP contribution is 2.21. The van der Waals surface area contributed by atoms with E-state index in [-0.39, 0.29) is 19.0 Å². The van der Waals surface area contributed by atoms with Crippen LogP contribution in [-0.4, -0.2) is 28.8 Å². The third-order valence-electron chi connectivity index (χ3n) is 2.44. The first-order valence-corrected chi connectivity index (χ1v) is 5.76. The van der Waals surface area contributed by atoms with Gasteiger partial charge in [0.2, 0.25) is 0 Å². The van der Waals surface area contributed by atoms with Gasteiger partial charge in [0.1, 0.15) is 0 Å². The largest absolute Gasteiger partial charge is 0.481 e. The molecule has 0 spiro atoms. The first-order valence-electron chi connectivity index (χ1n) is 5.38. The van der Waals surface area contributed by atoms with Crippen molar-refractivity contribution in [2.24, 2.45) is 0 Å². The lowest BCUT2D eigenvalue weighted by molar-refractivity contribution is -0.139. The summed E-state index contributed by atoms with van der Waals surface area (Å²) in [6.45, 7) is 2.13. The van der Waals surface area contributed by atoms with Gasteiger partial charge in [0.15, 0.2) is 0 Å². The van der Waals surface area contributed by atoms with Crippen LogP contribution >= 0.6 is 11.6 Å². The molecule has 1 aromatic carbocycles. The van der Waals surface area contributed by atoms with Crippen molar-refractivity contribution in [3.63, 3.8) is 0 Å². The van der Waals surface area contributed by atoms with Gasteiger partial charge in [0.05, 0.1) is 12.5 Å². The molecule has 0 fully saturated rings. The minimum absolute atomic E-state index is 0.0351. The first kappa shape index (κ1) is 14.0. The molecule has 0 heterocycles. The van der Waals surface area contributed by atoms with E-state index in [0.29, 0.717) is 5.02 Å². The van der Waals surface area contributed by atoms with Crippen molar-refractivity contribution in [2.45, 2.75) is 25.5 Å². The molecule has 0 saturated heterocycles. The van der Waals surface area contributed by atoms with Crippen LogP contribution in [0.1, 0.15) is 24.9 Å². The van der Waals surface area contributed by atoms with Gasteiger partial charge in [0, 0.05) is 17.6 Å². The number of carboxylic acids is 1. The molecule has 3 N–H and O–H groups in total. The normalized spacial score (nSPS) is 14.3. The van der Waals surface area contributed by atoms with Crippen molar-refractivity contribution in [3.05, 3.63) is 34.9 Å². The summed E-state index contributed by atoms with van der Waals surface area (Å²) >= 11 is 6.02. The SMILES string of the molecule is CC(NCC(O)CC(=O)O)c1ccccc1Cl. The van der Waals surface area contributed by atoms with Crippen LogP contribution in [0.2, 0.25) is 5.02 Å². The molecule has 2 atom stereocenters. The van der Waals surface area contributed by atoms with E-state index >= 15 is 0 Å². The Balaban J connectivity index is 2.47. The molecule has 0 aliphatic heterocycles. The molecule has 0 aromatic heterocycles. The van der Waals surface area contributed by atoms with Gasteiger partial charge < -0.3 is 15.5 Å². The molecule has 0 saturated carbocycles. The van der Waals surface area contributed by atoms with Gasteiger partial charge in [-0.1, -0.05) is 29.8 Å². The molecule has 1 rings (SSSR count). The highest BCUT2D eigenvalue weighted by atomic mass is 35.5. The Morgan fingerprint density at radius 2 is 2.12 bits per heavy atom. The minimum atomic E-state index is -1.01. The van der Waals surface area contributed by atoms with Crippen LogP contribution in [0.3, 0.4) is 0 Å². The van der Waals surface area contributed by atoms with Crippen LogP contribution in [0.4, 0.5) is 0 Å². The average molecular weight is 258 g/mol. The van der Waals surface area contributed by atoms with Crippen LogP contribution in [0, 0.1) is 0 Å². The van der Waals surface area contributed by atoms with E-state index in [4.69, 9.17) is 16.7 Å². The van der Waals surface area contributed by atoms with Crippen LogP contribution in [0.25, 0.3) is 0 Å². The lowest BCUT2D eigenvalue weighted by Gasteiger charge is -2.17. The molecule has 0 amide bonds. The van der Waals surface area contributed by atoms with E-state index in [1.54, 1.807) is 6.07 Å². The second-order valence-electron chi connectivity index (χ2n) is 3.90. The van der Waals surface area contributed by atoms with E-state index in [9.17, 15) is 9.90 Å². The summed E-state index contributed by atoms with van der Waals surface area (Å²) in [7, 11) is 0. The van der Waals surface area contributed by atoms with Crippen molar-refractivity contribution >= 4 is 17.6 Å². The van der Waals surface area contributed by atoms with Crippen molar-refractivity contribution in [1.29, 1.82) is 0 Å². The Morgan fingerprint density at radius 3 is 2.71 bits per heavy atom. The Labute approximate surface area is 105 Å². The molecule has 1 aromatic rings. The topological polar surface area (TPSA) is 69.6 Å². The molecule has 5 heteroatoms. The summed E-state index contributed by atoms with van der Waals surface area (Å²) in [5.74, 6) is -1.01. The molecule has 2 unspecified atom stereocenters. The first-order chi connectivity index (χ1) is 8.00. The van der Waals surface area contributed by atoms with Crippen molar-refractivity contribution in [1.82, 2.24) is 5.32 Å². The maximum Gasteiger partial charge on any atom is 0.306 e. The zero-order chi connectivity index (χ0) is 12.8. The summed E-state index contributed by atoms with van der Waals surface area (Å²) in [5, 5.41) is 21.6. The van der Waals surface area contributed by atoms with Crippen LogP contribution in [0.15, 0.2) is 24.3 Å². The summed E-state index contributed by atoms with van der Waals surface area (Å²) in [6, 6.07) is 7.38. The molecule has 0 aliphatic carbocycles. The predicted molar refractivity (Wildman–Crippen MR) is 66.1 cm³/mol.